The highest BCUT2D eigenvalue weighted by Gasteiger charge is 2.21. The second-order valence-electron chi connectivity index (χ2n) is 8.60. The van der Waals surface area contributed by atoms with Crippen molar-refractivity contribution in [1.82, 2.24) is 9.97 Å². The van der Waals surface area contributed by atoms with Crippen molar-refractivity contribution in [3.63, 3.8) is 0 Å². The van der Waals surface area contributed by atoms with Crippen LogP contribution in [0.15, 0.2) is 53.4 Å². The van der Waals surface area contributed by atoms with Crippen molar-refractivity contribution in [2.75, 3.05) is 16.6 Å². The van der Waals surface area contributed by atoms with Gasteiger partial charge in [0, 0.05) is 17.3 Å². The van der Waals surface area contributed by atoms with Crippen LogP contribution in [0.3, 0.4) is 0 Å². The van der Waals surface area contributed by atoms with E-state index in [2.05, 4.69) is 33.9 Å². The number of anilines is 2. The monoisotopic (exact) mass is 452 g/mol. The van der Waals surface area contributed by atoms with E-state index in [-0.39, 0.29) is 16.8 Å². The van der Waals surface area contributed by atoms with E-state index in [1.807, 2.05) is 38.1 Å². The van der Waals surface area contributed by atoms with E-state index in [1.165, 1.54) is 6.07 Å². The Balaban J connectivity index is 1.84. The summed E-state index contributed by atoms with van der Waals surface area (Å²) >= 11 is 0. The van der Waals surface area contributed by atoms with Crippen LogP contribution in [0, 0.1) is 19.8 Å². The molecule has 4 rings (SSSR count). The molecule has 0 aliphatic carbocycles. The number of hydrogen-bond donors (Lipinski definition) is 2. The number of aromatic nitrogens is 2. The van der Waals surface area contributed by atoms with Gasteiger partial charge in [-0.1, -0.05) is 38.1 Å². The third-order valence-corrected chi connectivity index (χ3v) is 6.70. The molecule has 1 atom stereocenters. The molecular weight excluding hydrogens is 424 g/mol. The van der Waals surface area contributed by atoms with Gasteiger partial charge in [-0.2, -0.15) is 4.98 Å². The fourth-order valence-corrected chi connectivity index (χ4v) is 4.98. The first-order valence-electron chi connectivity index (χ1n) is 10.7. The standard InChI is InChI=1S/C24H28N4O3S/c1-15(2)11-19-14-31-22-13-21(26-24(27-22)23-16(3)7-5-8-17(23)4)28-32(29,30)20-10-6-9-18(12-20)25-19/h5-10,12-13,15,19,25H,11,14H2,1-4H3,(H,26,27,28)/t19-/m1/s1. The van der Waals surface area contributed by atoms with E-state index in [0.717, 1.165) is 28.8 Å². The molecule has 168 valence electrons. The molecule has 1 aliphatic heterocycles. The molecule has 2 heterocycles. The lowest BCUT2D eigenvalue weighted by Gasteiger charge is -2.23. The number of fused-ring (bicyclic) bond motifs is 4. The number of nitrogens with zero attached hydrogens (tertiary/aromatic N) is 2. The smallest absolute Gasteiger partial charge is 0.263 e. The highest BCUT2D eigenvalue weighted by molar-refractivity contribution is 7.92. The van der Waals surface area contributed by atoms with Crippen molar-refractivity contribution >= 4 is 21.5 Å². The third kappa shape index (κ3) is 4.85. The molecule has 2 aromatic carbocycles. The molecule has 0 radical (unpaired) electrons. The Morgan fingerprint density at radius 1 is 1.06 bits per heavy atom. The Hall–Kier alpha value is -3.13. The maximum atomic E-state index is 13.1. The number of benzene rings is 2. The molecule has 1 aromatic heterocycles. The zero-order valence-electron chi connectivity index (χ0n) is 18.7. The minimum absolute atomic E-state index is 0.0117. The van der Waals surface area contributed by atoms with Gasteiger partial charge < -0.3 is 10.1 Å². The van der Waals surface area contributed by atoms with E-state index >= 15 is 0 Å². The van der Waals surface area contributed by atoms with Gasteiger partial charge in [-0.05, 0) is 55.5 Å². The molecule has 2 N–H and O–H groups in total. The Morgan fingerprint density at radius 3 is 2.50 bits per heavy atom. The van der Waals surface area contributed by atoms with Crippen LogP contribution < -0.4 is 14.8 Å². The van der Waals surface area contributed by atoms with Crippen LogP contribution in [0.2, 0.25) is 0 Å². The summed E-state index contributed by atoms with van der Waals surface area (Å²) in [5, 5.41) is 3.42. The Morgan fingerprint density at radius 2 is 1.78 bits per heavy atom. The molecule has 0 spiro atoms. The first-order chi connectivity index (χ1) is 15.2. The number of aryl methyl sites for hydroxylation is 2. The fourth-order valence-electron chi connectivity index (χ4n) is 3.94. The summed E-state index contributed by atoms with van der Waals surface area (Å²) in [6.45, 7) is 8.64. The second-order valence-corrected chi connectivity index (χ2v) is 10.3. The SMILES string of the molecule is Cc1cccc(C)c1-c1nc2cc(n1)OC[C@@H](CC(C)C)Nc1cccc(c1)S(=O)(=O)N2. The van der Waals surface area contributed by atoms with E-state index in [0.29, 0.717) is 24.2 Å². The predicted octanol–water partition coefficient (Wildman–Crippen LogP) is 4.78. The van der Waals surface area contributed by atoms with Gasteiger partial charge in [0.1, 0.15) is 12.4 Å². The van der Waals surface area contributed by atoms with E-state index in [9.17, 15) is 8.42 Å². The highest BCUT2D eigenvalue weighted by atomic mass is 32.2. The van der Waals surface area contributed by atoms with Gasteiger partial charge in [-0.15, -0.1) is 0 Å². The maximum Gasteiger partial charge on any atom is 0.263 e. The lowest BCUT2D eigenvalue weighted by Crippen LogP contribution is -2.29. The summed E-state index contributed by atoms with van der Waals surface area (Å²) in [7, 11) is -3.84. The van der Waals surface area contributed by atoms with Crippen molar-refractivity contribution < 1.29 is 13.2 Å². The normalized spacial score (nSPS) is 17.3. The summed E-state index contributed by atoms with van der Waals surface area (Å²) in [5.41, 5.74) is 3.60. The summed E-state index contributed by atoms with van der Waals surface area (Å²) < 4.78 is 34.8. The van der Waals surface area contributed by atoms with Crippen LogP contribution in [-0.2, 0) is 10.0 Å². The van der Waals surface area contributed by atoms with E-state index in [4.69, 9.17) is 4.74 Å². The molecule has 0 saturated carbocycles. The summed E-state index contributed by atoms with van der Waals surface area (Å²) in [6, 6.07) is 14.2. The van der Waals surface area contributed by atoms with E-state index < -0.39 is 10.0 Å². The van der Waals surface area contributed by atoms with Crippen LogP contribution in [0.5, 0.6) is 5.88 Å². The summed E-state index contributed by atoms with van der Waals surface area (Å²) in [6.07, 6.45) is 0.858. The first kappa shape index (κ1) is 22.1. The zero-order chi connectivity index (χ0) is 22.9. The lowest BCUT2D eigenvalue weighted by atomic mass is 10.0. The van der Waals surface area contributed by atoms with Gasteiger partial charge in [-0.3, -0.25) is 4.72 Å². The summed E-state index contributed by atoms with van der Waals surface area (Å²) in [4.78, 5) is 9.31. The van der Waals surface area contributed by atoms with Crippen molar-refractivity contribution in [2.24, 2.45) is 5.92 Å². The average Bonchev–Trinajstić information content (AvgIpc) is 2.71. The Labute approximate surface area is 189 Å². The molecule has 8 heteroatoms. The van der Waals surface area contributed by atoms with Crippen molar-refractivity contribution in [3.8, 4) is 17.3 Å². The molecule has 3 aromatic rings. The van der Waals surface area contributed by atoms with Crippen LogP contribution in [0.1, 0.15) is 31.4 Å². The van der Waals surface area contributed by atoms with Crippen molar-refractivity contribution in [1.29, 1.82) is 0 Å². The van der Waals surface area contributed by atoms with Gasteiger partial charge in [0.25, 0.3) is 10.0 Å². The molecule has 0 fully saturated rings. The second kappa shape index (κ2) is 8.78. The quantitative estimate of drug-likeness (QED) is 0.594. The third-order valence-electron chi connectivity index (χ3n) is 5.35. The van der Waals surface area contributed by atoms with Gasteiger partial charge in [0.15, 0.2) is 5.82 Å². The average molecular weight is 453 g/mol. The zero-order valence-corrected chi connectivity index (χ0v) is 19.5. The van der Waals surface area contributed by atoms with Crippen molar-refractivity contribution in [2.45, 2.75) is 45.1 Å². The highest BCUT2D eigenvalue weighted by Crippen LogP contribution is 2.29. The van der Waals surface area contributed by atoms with Gasteiger partial charge in [0.05, 0.1) is 10.9 Å². The van der Waals surface area contributed by atoms with Gasteiger partial charge in [-0.25, -0.2) is 13.4 Å². The first-order valence-corrected chi connectivity index (χ1v) is 12.2. The predicted molar refractivity (Wildman–Crippen MR) is 127 cm³/mol. The minimum atomic E-state index is -3.84. The number of ether oxygens (including phenoxy) is 1. The van der Waals surface area contributed by atoms with Gasteiger partial charge >= 0.3 is 0 Å². The largest absolute Gasteiger partial charge is 0.475 e. The molecule has 32 heavy (non-hydrogen) atoms. The topological polar surface area (TPSA) is 93.2 Å². The van der Waals surface area contributed by atoms with Gasteiger partial charge in [0.2, 0.25) is 5.88 Å². The van der Waals surface area contributed by atoms with Crippen molar-refractivity contribution in [3.05, 3.63) is 59.7 Å². The lowest BCUT2D eigenvalue weighted by molar-refractivity contribution is 0.271. The molecule has 1 aliphatic rings. The molecule has 0 amide bonds. The minimum Gasteiger partial charge on any atom is -0.475 e. The number of sulfonamides is 1. The molecule has 0 saturated heterocycles. The Kier molecular flexibility index (Phi) is 6.06. The van der Waals surface area contributed by atoms with Crippen LogP contribution >= 0.6 is 0 Å². The molecular formula is C24H28N4O3S. The number of hydrogen-bond acceptors (Lipinski definition) is 6. The molecule has 4 bridgehead atoms. The molecule has 7 nitrogen and oxygen atoms in total. The molecule has 0 unspecified atom stereocenters. The van der Waals surface area contributed by atoms with Crippen LogP contribution in [-0.4, -0.2) is 31.0 Å². The van der Waals surface area contributed by atoms with E-state index in [1.54, 1.807) is 18.2 Å². The maximum absolute atomic E-state index is 13.1. The number of nitrogens with one attached hydrogen (secondary N) is 2. The van der Waals surface area contributed by atoms with Crippen LogP contribution in [0.25, 0.3) is 11.4 Å². The fraction of sp³-hybridized carbons (Fsp3) is 0.333. The van der Waals surface area contributed by atoms with Crippen LogP contribution in [0.4, 0.5) is 11.5 Å². The summed E-state index contributed by atoms with van der Waals surface area (Å²) in [5.74, 6) is 1.36. The number of rotatable bonds is 3. The Bertz CT molecular complexity index is 1220.